The summed E-state index contributed by atoms with van der Waals surface area (Å²) < 4.78 is 0. The Balaban J connectivity index is 1.96. The molecule has 102 valence electrons. The van der Waals surface area contributed by atoms with Gasteiger partial charge in [-0.15, -0.1) is 0 Å². The number of phenols is 1. The van der Waals surface area contributed by atoms with Gasteiger partial charge in [-0.05, 0) is 29.9 Å². The summed E-state index contributed by atoms with van der Waals surface area (Å²) in [6.07, 6.45) is 6.99. The first kappa shape index (κ1) is 14.2. The van der Waals surface area contributed by atoms with E-state index in [2.05, 4.69) is 11.9 Å². The van der Waals surface area contributed by atoms with Crippen molar-refractivity contribution in [1.29, 1.82) is 0 Å². The average molecular weight is 275 g/mol. The number of hydrogen-bond donors (Lipinski definition) is 1. The van der Waals surface area contributed by atoms with Gasteiger partial charge in [0.05, 0.1) is 0 Å². The van der Waals surface area contributed by atoms with E-state index in [0.29, 0.717) is 5.52 Å². The first-order valence-corrected chi connectivity index (χ1v) is 8.11. The Morgan fingerprint density at radius 2 is 2.05 bits per heavy atom. The van der Waals surface area contributed by atoms with E-state index in [1.807, 2.05) is 30.0 Å². The molecule has 19 heavy (non-hydrogen) atoms. The van der Waals surface area contributed by atoms with Crippen molar-refractivity contribution in [2.45, 2.75) is 38.4 Å². The van der Waals surface area contributed by atoms with Crippen LogP contribution in [0.15, 0.2) is 30.5 Å². The monoisotopic (exact) mass is 275 g/mol. The fourth-order valence-corrected chi connectivity index (χ4v) is 3.18. The number of phenolic OH excluding ortho intramolecular Hbond substituents is 1. The van der Waals surface area contributed by atoms with Crippen molar-refractivity contribution in [3.63, 3.8) is 0 Å². The molecule has 0 fully saturated rings. The van der Waals surface area contributed by atoms with Gasteiger partial charge in [-0.3, -0.25) is 4.98 Å². The second-order valence-corrected chi connectivity index (χ2v) is 5.86. The minimum Gasteiger partial charge on any atom is -0.506 e. The molecule has 0 bridgehead atoms. The number of pyridine rings is 1. The quantitative estimate of drug-likeness (QED) is 0.740. The fraction of sp³-hybridized carbons (Fsp3) is 0.438. The Kier molecular flexibility index (Phi) is 5.52. The van der Waals surface area contributed by atoms with E-state index < -0.39 is 0 Å². The molecule has 3 heteroatoms. The fourth-order valence-electron chi connectivity index (χ4n) is 2.16. The standard InChI is InChI=1S/C16H21NOS/c1-2-3-4-5-11-19-12-13-8-9-15(18)16-14(13)7-6-10-17-16/h6-10,18H,2-5,11-12H2,1H3. The Hall–Kier alpha value is -1.22. The smallest absolute Gasteiger partial charge is 0.141 e. The minimum atomic E-state index is 0.271. The number of unbranched alkanes of at least 4 members (excludes halogenated alkanes) is 3. The van der Waals surface area contributed by atoms with E-state index in [0.717, 1.165) is 11.1 Å². The van der Waals surface area contributed by atoms with Crippen LogP contribution in [0.4, 0.5) is 0 Å². The lowest BCUT2D eigenvalue weighted by Gasteiger charge is -2.07. The first-order valence-electron chi connectivity index (χ1n) is 6.96. The lowest BCUT2D eigenvalue weighted by molar-refractivity contribution is 0.480. The summed E-state index contributed by atoms with van der Waals surface area (Å²) in [5, 5.41) is 10.9. The van der Waals surface area contributed by atoms with Crippen LogP contribution >= 0.6 is 11.8 Å². The highest BCUT2D eigenvalue weighted by Crippen LogP contribution is 2.28. The zero-order valence-electron chi connectivity index (χ0n) is 11.4. The van der Waals surface area contributed by atoms with Crippen molar-refractivity contribution in [3.8, 4) is 5.75 Å². The minimum absolute atomic E-state index is 0.271. The highest BCUT2D eigenvalue weighted by Gasteiger charge is 2.05. The Morgan fingerprint density at radius 1 is 1.16 bits per heavy atom. The van der Waals surface area contributed by atoms with Crippen LogP contribution in [-0.2, 0) is 5.75 Å². The van der Waals surface area contributed by atoms with Gasteiger partial charge in [0.2, 0.25) is 0 Å². The van der Waals surface area contributed by atoms with Crippen LogP contribution in [0.2, 0.25) is 0 Å². The summed E-state index contributed by atoms with van der Waals surface area (Å²) in [6, 6.07) is 7.73. The number of hydrogen-bond acceptors (Lipinski definition) is 3. The van der Waals surface area contributed by atoms with E-state index >= 15 is 0 Å². The molecule has 0 spiro atoms. The second kappa shape index (κ2) is 7.39. The number of aromatic nitrogens is 1. The van der Waals surface area contributed by atoms with Gasteiger partial charge >= 0.3 is 0 Å². The summed E-state index contributed by atoms with van der Waals surface area (Å²) in [5.41, 5.74) is 1.98. The van der Waals surface area contributed by atoms with Crippen LogP contribution in [-0.4, -0.2) is 15.8 Å². The molecule has 1 aromatic heterocycles. The normalized spacial score (nSPS) is 11.0. The van der Waals surface area contributed by atoms with Gasteiger partial charge in [-0.2, -0.15) is 11.8 Å². The third-order valence-corrected chi connectivity index (χ3v) is 4.33. The summed E-state index contributed by atoms with van der Waals surface area (Å²) in [6.45, 7) is 2.24. The Morgan fingerprint density at radius 3 is 2.89 bits per heavy atom. The number of aromatic hydroxyl groups is 1. The molecule has 1 heterocycles. The first-order chi connectivity index (χ1) is 9.33. The molecule has 0 saturated heterocycles. The van der Waals surface area contributed by atoms with Crippen LogP contribution in [0, 0.1) is 0 Å². The molecule has 2 nitrogen and oxygen atoms in total. The van der Waals surface area contributed by atoms with Crippen molar-refractivity contribution in [2.75, 3.05) is 5.75 Å². The van der Waals surface area contributed by atoms with Gasteiger partial charge in [-0.25, -0.2) is 0 Å². The van der Waals surface area contributed by atoms with Gasteiger partial charge < -0.3 is 5.11 Å². The Labute approximate surface area is 119 Å². The summed E-state index contributed by atoms with van der Waals surface area (Å²) in [7, 11) is 0. The second-order valence-electron chi connectivity index (χ2n) is 4.76. The highest BCUT2D eigenvalue weighted by molar-refractivity contribution is 7.98. The molecule has 0 amide bonds. The van der Waals surface area contributed by atoms with Crippen molar-refractivity contribution < 1.29 is 5.11 Å². The molecule has 1 N–H and O–H groups in total. The van der Waals surface area contributed by atoms with Gasteiger partial charge in [0.25, 0.3) is 0 Å². The predicted octanol–water partition coefficient (Wildman–Crippen LogP) is 4.75. The van der Waals surface area contributed by atoms with Gasteiger partial charge in [0.15, 0.2) is 0 Å². The maximum atomic E-state index is 9.80. The lowest BCUT2D eigenvalue weighted by atomic mass is 10.1. The third kappa shape index (κ3) is 3.87. The number of thioether (sulfide) groups is 1. The molecule has 1 aromatic carbocycles. The predicted molar refractivity (Wildman–Crippen MR) is 83.7 cm³/mol. The van der Waals surface area contributed by atoms with Crippen molar-refractivity contribution in [2.24, 2.45) is 0 Å². The zero-order valence-corrected chi connectivity index (χ0v) is 12.2. The van der Waals surface area contributed by atoms with Crippen molar-refractivity contribution >= 4 is 22.7 Å². The van der Waals surface area contributed by atoms with Crippen LogP contribution in [0.25, 0.3) is 10.9 Å². The maximum Gasteiger partial charge on any atom is 0.141 e. The molecule has 0 aliphatic carbocycles. The van der Waals surface area contributed by atoms with Gasteiger partial charge in [-0.1, -0.05) is 38.3 Å². The largest absolute Gasteiger partial charge is 0.506 e. The summed E-state index contributed by atoms with van der Waals surface area (Å²) >= 11 is 1.97. The van der Waals surface area contributed by atoms with E-state index in [9.17, 15) is 5.11 Å². The molecular formula is C16H21NOS. The van der Waals surface area contributed by atoms with Crippen molar-refractivity contribution in [1.82, 2.24) is 4.98 Å². The molecular weight excluding hydrogens is 254 g/mol. The SMILES string of the molecule is CCCCCCSCc1ccc(O)c2ncccc12. The molecule has 0 radical (unpaired) electrons. The van der Waals surface area contributed by atoms with E-state index in [1.165, 1.54) is 37.0 Å². The van der Waals surface area contributed by atoms with Crippen LogP contribution in [0.1, 0.15) is 38.2 Å². The number of fused-ring (bicyclic) bond motifs is 1. The van der Waals surface area contributed by atoms with Crippen LogP contribution < -0.4 is 0 Å². The number of benzene rings is 1. The topological polar surface area (TPSA) is 33.1 Å². The van der Waals surface area contributed by atoms with Crippen LogP contribution in [0.3, 0.4) is 0 Å². The molecule has 0 atom stereocenters. The Bertz CT molecular complexity index is 527. The third-order valence-electron chi connectivity index (χ3n) is 3.24. The average Bonchev–Trinajstić information content (AvgIpc) is 2.45. The molecule has 2 rings (SSSR count). The molecule has 0 aliphatic heterocycles. The summed E-state index contributed by atoms with van der Waals surface area (Å²) in [4.78, 5) is 4.25. The summed E-state index contributed by atoms with van der Waals surface area (Å²) in [5.74, 6) is 2.48. The number of rotatable bonds is 7. The van der Waals surface area contributed by atoms with Gasteiger partial charge in [0.1, 0.15) is 11.3 Å². The zero-order chi connectivity index (χ0) is 13.5. The van der Waals surface area contributed by atoms with E-state index in [-0.39, 0.29) is 5.75 Å². The van der Waals surface area contributed by atoms with Gasteiger partial charge in [0, 0.05) is 17.3 Å². The number of nitrogens with zero attached hydrogens (tertiary/aromatic N) is 1. The molecule has 0 aliphatic rings. The maximum absolute atomic E-state index is 9.80. The molecule has 0 saturated carbocycles. The molecule has 2 aromatic rings. The lowest BCUT2D eigenvalue weighted by Crippen LogP contribution is -1.88. The van der Waals surface area contributed by atoms with Crippen LogP contribution in [0.5, 0.6) is 5.75 Å². The highest BCUT2D eigenvalue weighted by atomic mass is 32.2. The van der Waals surface area contributed by atoms with E-state index in [4.69, 9.17) is 0 Å². The molecule has 0 unspecified atom stereocenters. The van der Waals surface area contributed by atoms with Crippen molar-refractivity contribution in [3.05, 3.63) is 36.0 Å². The van der Waals surface area contributed by atoms with E-state index in [1.54, 1.807) is 12.3 Å².